The van der Waals surface area contributed by atoms with Crippen molar-refractivity contribution in [3.8, 4) is 0 Å². The first-order valence-corrected chi connectivity index (χ1v) is 6.91. The van der Waals surface area contributed by atoms with Gasteiger partial charge in [0.1, 0.15) is 16.8 Å². The van der Waals surface area contributed by atoms with Gasteiger partial charge in [-0.2, -0.15) is 0 Å². The summed E-state index contributed by atoms with van der Waals surface area (Å²) in [5.41, 5.74) is 0. The highest BCUT2D eigenvalue weighted by Crippen LogP contribution is 2.31. The van der Waals surface area contributed by atoms with Crippen LogP contribution in [-0.4, -0.2) is 36.3 Å². The molecule has 1 heterocycles. The summed E-state index contributed by atoms with van der Waals surface area (Å²) >= 11 is 6.08. The van der Waals surface area contributed by atoms with E-state index in [0.29, 0.717) is 17.8 Å². The van der Waals surface area contributed by atoms with Crippen LogP contribution in [0, 0.1) is 0 Å². The average molecular weight is 270 g/mol. The molecule has 0 radical (unpaired) electrons. The minimum Gasteiger partial charge on any atom is -0.383 e. The van der Waals surface area contributed by atoms with Crippen molar-refractivity contribution in [2.75, 3.05) is 25.2 Å². The SMILES string of the molecule is CCCc1nc(Cl)cc(N(CCOC)C2CC2)n1. The molecule has 100 valence electrons. The molecule has 0 saturated heterocycles. The summed E-state index contributed by atoms with van der Waals surface area (Å²) < 4.78 is 5.16. The van der Waals surface area contributed by atoms with Crippen LogP contribution in [0.15, 0.2) is 6.07 Å². The van der Waals surface area contributed by atoms with Crippen molar-refractivity contribution in [2.45, 2.75) is 38.6 Å². The Kier molecular flexibility index (Phi) is 4.78. The second-order valence-electron chi connectivity index (χ2n) is 4.63. The highest BCUT2D eigenvalue weighted by atomic mass is 35.5. The largest absolute Gasteiger partial charge is 0.383 e. The Bertz CT molecular complexity index is 396. The molecule has 0 bridgehead atoms. The molecule has 0 aliphatic heterocycles. The minimum atomic E-state index is 0.534. The van der Waals surface area contributed by atoms with Crippen LogP contribution in [0.4, 0.5) is 5.82 Å². The van der Waals surface area contributed by atoms with Crippen LogP contribution < -0.4 is 4.90 Å². The van der Waals surface area contributed by atoms with Gasteiger partial charge in [0.2, 0.25) is 0 Å². The summed E-state index contributed by atoms with van der Waals surface area (Å²) in [5, 5.41) is 0.534. The third-order valence-corrected chi connectivity index (χ3v) is 3.21. The smallest absolute Gasteiger partial charge is 0.134 e. The topological polar surface area (TPSA) is 38.2 Å². The van der Waals surface area contributed by atoms with Crippen molar-refractivity contribution in [1.82, 2.24) is 9.97 Å². The third-order valence-electron chi connectivity index (χ3n) is 3.02. The van der Waals surface area contributed by atoms with Crippen LogP contribution in [-0.2, 0) is 11.2 Å². The van der Waals surface area contributed by atoms with Crippen molar-refractivity contribution >= 4 is 17.4 Å². The van der Waals surface area contributed by atoms with Crippen molar-refractivity contribution in [3.63, 3.8) is 0 Å². The van der Waals surface area contributed by atoms with E-state index in [1.54, 1.807) is 7.11 Å². The Hall–Kier alpha value is -0.870. The molecule has 1 aromatic heterocycles. The van der Waals surface area contributed by atoms with Gasteiger partial charge < -0.3 is 9.64 Å². The van der Waals surface area contributed by atoms with Crippen LogP contribution in [0.3, 0.4) is 0 Å². The molecule has 1 aliphatic rings. The number of hydrogen-bond donors (Lipinski definition) is 0. The van der Waals surface area contributed by atoms with Crippen molar-refractivity contribution in [2.24, 2.45) is 0 Å². The van der Waals surface area contributed by atoms with Gasteiger partial charge in [0.15, 0.2) is 0 Å². The lowest BCUT2D eigenvalue weighted by Gasteiger charge is -2.23. The molecule has 1 aliphatic carbocycles. The predicted octanol–water partition coefficient (Wildman–Crippen LogP) is 2.70. The first-order valence-electron chi connectivity index (χ1n) is 6.53. The maximum Gasteiger partial charge on any atom is 0.134 e. The zero-order valence-corrected chi connectivity index (χ0v) is 11.8. The molecule has 0 amide bonds. The Morgan fingerprint density at radius 1 is 1.44 bits per heavy atom. The quantitative estimate of drug-likeness (QED) is 0.714. The van der Waals surface area contributed by atoms with Crippen molar-refractivity contribution in [1.29, 1.82) is 0 Å². The first-order chi connectivity index (χ1) is 8.74. The van der Waals surface area contributed by atoms with Gasteiger partial charge in [0, 0.05) is 32.2 Å². The Labute approximate surface area is 113 Å². The number of rotatable bonds is 7. The fourth-order valence-electron chi connectivity index (χ4n) is 1.99. The fraction of sp³-hybridized carbons (Fsp3) is 0.692. The van der Waals surface area contributed by atoms with Gasteiger partial charge in [0.25, 0.3) is 0 Å². The van der Waals surface area contributed by atoms with Gasteiger partial charge in [-0.05, 0) is 19.3 Å². The van der Waals surface area contributed by atoms with E-state index in [0.717, 1.165) is 31.0 Å². The maximum absolute atomic E-state index is 6.08. The molecular formula is C13H20ClN3O. The van der Waals surface area contributed by atoms with Gasteiger partial charge in [-0.3, -0.25) is 0 Å². The number of ether oxygens (including phenoxy) is 1. The molecule has 1 fully saturated rings. The number of nitrogens with zero attached hydrogens (tertiary/aromatic N) is 3. The zero-order chi connectivity index (χ0) is 13.0. The molecule has 0 unspecified atom stereocenters. The number of methoxy groups -OCH3 is 1. The molecule has 2 rings (SSSR count). The maximum atomic E-state index is 6.08. The second-order valence-corrected chi connectivity index (χ2v) is 5.02. The number of anilines is 1. The van der Waals surface area contributed by atoms with E-state index in [9.17, 15) is 0 Å². The van der Waals surface area contributed by atoms with Crippen LogP contribution in [0.1, 0.15) is 32.0 Å². The number of hydrogen-bond acceptors (Lipinski definition) is 4. The molecule has 18 heavy (non-hydrogen) atoms. The normalized spacial score (nSPS) is 14.8. The minimum absolute atomic E-state index is 0.534. The monoisotopic (exact) mass is 269 g/mol. The number of aromatic nitrogens is 2. The number of aryl methyl sites for hydroxylation is 1. The first kappa shape index (κ1) is 13.6. The number of halogens is 1. The molecule has 1 aromatic rings. The van der Waals surface area contributed by atoms with Crippen LogP contribution >= 0.6 is 11.6 Å². The Morgan fingerprint density at radius 2 is 2.22 bits per heavy atom. The molecule has 1 saturated carbocycles. The lowest BCUT2D eigenvalue weighted by molar-refractivity contribution is 0.204. The van der Waals surface area contributed by atoms with Gasteiger partial charge >= 0.3 is 0 Å². The summed E-state index contributed by atoms with van der Waals surface area (Å²) in [6.45, 7) is 3.69. The van der Waals surface area contributed by atoms with Gasteiger partial charge in [-0.25, -0.2) is 9.97 Å². The van der Waals surface area contributed by atoms with Crippen LogP contribution in [0.5, 0.6) is 0 Å². The van der Waals surface area contributed by atoms with Crippen LogP contribution in [0.25, 0.3) is 0 Å². The third kappa shape index (κ3) is 3.56. The molecule has 4 nitrogen and oxygen atoms in total. The van der Waals surface area contributed by atoms with E-state index in [2.05, 4.69) is 21.8 Å². The van der Waals surface area contributed by atoms with E-state index >= 15 is 0 Å². The summed E-state index contributed by atoms with van der Waals surface area (Å²) in [4.78, 5) is 11.2. The van der Waals surface area contributed by atoms with E-state index in [1.807, 2.05) is 6.07 Å². The standard InChI is InChI=1S/C13H20ClN3O/c1-3-4-12-15-11(14)9-13(16-12)17(7-8-18-2)10-5-6-10/h9-10H,3-8H2,1-2H3. The summed E-state index contributed by atoms with van der Waals surface area (Å²) in [5.74, 6) is 1.78. The van der Waals surface area contributed by atoms with Gasteiger partial charge in [-0.15, -0.1) is 0 Å². The molecular weight excluding hydrogens is 250 g/mol. The van der Waals surface area contributed by atoms with Crippen molar-refractivity contribution in [3.05, 3.63) is 17.0 Å². The lowest BCUT2D eigenvalue weighted by atomic mass is 10.3. The second kappa shape index (κ2) is 6.34. The zero-order valence-electron chi connectivity index (χ0n) is 11.0. The highest BCUT2D eigenvalue weighted by molar-refractivity contribution is 6.29. The molecule has 0 aromatic carbocycles. The highest BCUT2D eigenvalue weighted by Gasteiger charge is 2.30. The van der Waals surface area contributed by atoms with E-state index in [4.69, 9.17) is 16.3 Å². The van der Waals surface area contributed by atoms with E-state index in [-0.39, 0.29) is 0 Å². The molecule has 5 heteroatoms. The van der Waals surface area contributed by atoms with E-state index < -0.39 is 0 Å². The fourth-order valence-corrected chi connectivity index (χ4v) is 2.19. The van der Waals surface area contributed by atoms with E-state index in [1.165, 1.54) is 12.8 Å². The van der Waals surface area contributed by atoms with Crippen molar-refractivity contribution < 1.29 is 4.74 Å². The lowest BCUT2D eigenvalue weighted by Crippen LogP contribution is -2.30. The molecule has 0 atom stereocenters. The summed E-state index contributed by atoms with van der Waals surface area (Å²) in [7, 11) is 1.72. The molecule has 0 spiro atoms. The Morgan fingerprint density at radius 3 is 2.83 bits per heavy atom. The van der Waals surface area contributed by atoms with Gasteiger partial charge in [0.05, 0.1) is 6.61 Å². The predicted molar refractivity (Wildman–Crippen MR) is 73.3 cm³/mol. The average Bonchev–Trinajstić information content (AvgIpc) is 3.14. The summed E-state index contributed by atoms with van der Waals surface area (Å²) in [6.07, 6.45) is 4.36. The molecule has 0 N–H and O–H groups in total. The van der Waals surface area contributed by atoms with Crippen LogP contribution in [0.2, 0.25) is 5.15 Å². The summed E-state index contributed by atoms with van der Waals surface area (Å²) in [6, 6.07) is 2.45. The van der Waals surface area contributed by atoms with Gasteiger partial charge in [-0.1, -0.05) is 18.5 Å². The Balaban J connectivity index is 2.17.